The van der Waals surface area contributed by atoms with Gasteiger partial charge in [-0.1, -0.05) is 32.5 Å². The first-order valence-electron chi connectivity index (χ1n) is 4.55. The summed E-state index contributed by atoms with van der Waals surface area (Å²) in [6, 6.07) is 1.56. The lowest BCUT2D eigenvalue weighted by molar-refractivity contribution is 0.640. The maximum absolute atomic E-state index is 5.57. The Bertz CT molecular complexity index is 293. The van der Waals surface area contributed by atoms with E-state index in [1.165, 1.54) is 0 Å². The van der Waals surface area contributed by atoms with Gasteiger partial charge in [0.25, 0.3) is 0 Å². The molecule has 0 aliphatic carbocycles. The Morgan fingerprint density at radius 2 is 1.64 bits per heavy atom. The quantitative estimate of drug-likeness (QED) is 0.590. The smallest absolute Gasteiger partial charge is 0.191 e. The number of nitrogens with zero attached hydrogens (tertiary/aromatic N) is 2. The van der Waals surface area contributed by atoms with Crippen LogP contribution in [0.1, 0.15) is 20.8 Å². The van der Waals surface area contributed by atoms with E-state index in [9.17, 15) is 0 Å². The highest BCUT2D eigenvalue weighted by Crippen LogP contribution is 2.25. The van der Waals surface area contributed by atoms with Crippen LogP contribution in [0.25, 0.3) is 0 Å². The number of thioether (sulfide) groups is 1. The van der Waals surface area contributed by atoms with Crippen molar-refractivity contribution in [2.24, 2.45) is 5.92 Å². The molecule has 78 valence electrons. The summed E-state index contributed by atoms with van der Waals surface area (Å²) >= 11 is 1.60. The fraction of sp³-hybridized carbons (Fsp3) is 0.556. The van der Waals surface area contributed by atoms with Crippen molar-refractivity contribution in [2.75, 3.05) is 11.5 Å². The SMILES string of the molecule is CC(C)C(C)Sc1nc(N)cc(N)n1. The number of hydrogen-bond donors (Lipinski definition) is 2. The molecule has 0 aromatic carbocycles. The summed E-state index contributed by atoms with van der Waals surface area (Å²) in [5.41, 5.74) is 11.1. The zero-order valence-electron chi connectivity index (χ0n) is 8.69. The van der Waals surface area contributed by atoms with Crippen LogP contribution in [-0.2, 0) is 0 Å². The summed E-state index contributed by atoms with van der Waals surface area (Å²) in [6.07, 6.45) is 0. The first-order chi connectivity index (χ1) is 6.49. The van der Waals surface area contributed by atoms with E-state index in [0.29, 0.717) is 28.0 Å². The van der Waals surface area contributed by atoms with Gasteiger partial charge in [0.05, 0.1) is 0 Å². The summed E-state index contributed by atoms with van der Waals surface area (Å²) in [6.45, 7) is 6.46. The average Bonchev–Trinajstić information content (AvgIpc) is 2.01. The number of hydrogen-bond acceptors (Lipinski definition) is 5. The van der Waals surface area contributed by atoms with Crippen LogP contribution in [0.15, 0.2) is 11.2 Å². The third-order valence-electron chi connectivity index (χ3n) is 1.98. The minimum absolute atomic E-state index is 0.427. The summed E-state index contributed by atoms with van der Waals surface area (Å²) in [5, 5.41) is 1.11. The van der Waals surface area contributed by atoms with Gasteiger partial charge in [0, 0.05) is 11.3 Å². The minimum Gasteiger partial charge on any atom is -0.383 e. The summed E-state index contributed by atoms with van der Waals surface area (Å²) in [7, 11) is 0. The standard InChI is InChI=1S/C9H16N4S/c1-5(2)6(3)14-9-12-7(10)4-8(11)13-9/h4-6H,1-3H3,(H4,10,11,12,13). The predicted octanol–water partition coefficient (Wildman–Crippen LogP) is 1.78. The van der Waals surface area contributed by atoms with Crippen LogP contribution in [-0.4, -0.2) is 15.2 Å². The largest absolute Gasteiger partial charge is 0.383 e. The fourth-order valence-electron chi connectivity index (χ4n) is 0.817. The highest BCUT2D eigenvalue weighted by atomic mass is 32.2. The van der Waals surface area contributed by atoms with Gasteiger partial charge < -0.3 is 11.5 Å². The fourth-order valence-corrected chi connectivity index (χ4v) is 1.74. The van der Waals surface area contributed by atoms with Gasteiger partial charge in [0.2, 0.25) is 0 Å². The lowest BCUT2D eigenvalue weighted by Crippen LogP contribution is -2.08. The molecule has 1 heterocycles. The van der Waals surface area contributed by atoms with Crippen molar-refractivity contribution in [2.45, 2.75) is 31.2 Å². The Kier molecular flexibility index (Phi) is 3.57. The Balaban J connectivity index is 2.76. The molecule has 5 heteroatoms. The van der Waals surface area contributed by atoms with Crippen LogP contribution in [0.3, 0.4) is 0 Å². The van der Waals surface area contributed by atoms with E-state index in [0.717, 1.165) is 0 Å². The first-order valence-corrected chi connectivity index (χ1v) is 5.43. The molecule has 1 aromatic rings. The van der Waals surface area contributed by atoms with Gasteiger partial charge in [-0.05, 0) is 5.92 Å². The Hall–Kier alpha value is -0.970. The monoisotopic (exact) mass is 212 g/mol. The highest BCUT2D eigenvalue weighted by molar-refractivity contribution is 7.99. The van der Waals surface area contributed by atoms with Crippen LogP contribution in [0.2, 0.25) is 0 Å². The van der Waals surface area contributed by atoms with E-state index < -0.39 is 0 Å². The molecule has 0 saturated heterocycles. The lowest BCUT2D eigenvalue weighted by atomic mass is 10.2. The average molecular weight is 212 g/mol. The topological polar surface area (TPSA) is 77.8 Å². The molecule has 1 aromatic heterocycles. The van der Waals surface area contributed by atoms with E-state index in [1.807, 2.05) is 0 Å². The number of nitrogens with two attached hydrogens (primary N) is 2. The van der Waals surface area contributed by atoms with Gasteiger partial charge in [-0.25, -0.2) is 9.97 Å². The molecule has 0 saturated carbocycles. The van der Waals surface area contributed by atoms with E-state index in [-0.39, 0.29) is 0 Å². The zero-order valence-corrected chi connectivity index (χ0v) is 9.51. The minimum atomic E-state index is 0.427. The first kappa shape index (κ1) is 11.1. The van der Waals surface area contributed by atoms with Crippen molar-refractivity contribution in [1.29, 1.82) is 0 Å². The molecule has 0 aliphatic heterocycles. The van der Waals surface area contributed by atoms with E-state index in [1.54, 1.807) is 17.8 Å². The van der Waals surface area contributed by atoms with Gasteiger partial charge >= 0.3 is 0 Å². The van der Waals surface area contributed by atoms with Crippen LogP contribution >= 0.6 is 11.8 Å². The Labute approximate surface area is 88.5 Å². The zero-order chi connectivity index (χ0) is 10.7. The number of aromatic nitrogens is 2. The van der Waals surface area contributed by atoms with Gasteiger partial charge in [0.1, 0.15) is 11.6 Å². The maximum atomic E-state index is 5.57. The molecule has 4 nitrogen and oxygen atoms in total. The Morgan fingerprint density at radius 1 is 1.14 bits per heavy atom. The van der Waals surface area contributed by atoms with Gasteiger partial charge in [0.15, 0.2) is 5.16 Å². The van der Waals surface area contributed by atoms with Crippen molar-refractivity contribution >= 4 is 23.4 Å². The molecule has 0 amide bonds. The molecular formula is C9H16N4S. The molecule has 1 atom stereocenters. The summed E-state index contributed by atoms with van der Waals surface area (Å²) < 4.78 is 0. The van der Waals surface area contributed by atoms with E-state index in [2.05, 4.69) is 30.7 Å². The van der Waals surface area contributed by atoms with Gasteiger partial charge in [-0.3, -0.25) is 0 Å². The lowest BCUT2D eigenvalue weighted by Gasteiger charge is -2.13. The molecule has 0 aliphatic rings. The normalized spacial score (nSPS) is 13.1. The van der Waals surface area contributed by atoms with E-state index >= 15 is 0 Å². The molecule has 0 fully saturated rings. The van der Waals surface area contributed by atoms with Crippen molar-refractivity contribution in [1.82, 2.24) is 9.97 Å². The third kappa shape index (κ3) is 3.06. The van der Waals surface area contributed by atoms with Crippen LogP contribution < -0.4 is 11.5 Å². The Morgan fingerprint density at radius 3 is 2.07 bits per heavy atom. The molecular weight excluding hydrogens is 196 g/mol. The van der Waals surface area contributed by atoms with Crippen molar-refractivity contribution in [3.05, 3.63) is 6.07 Å². The van der Waals surface area contributed by atoms with Crippen LogP contribution in [0, 0.1) is 5.92 Å². The van der Waals surface area contributed by atoms with Crippen molar-refractivity contribution in [3.8, 4) is 0 Å². The third-order valence-corrected chi connectivity index (χ3v) is 3.28. The molecule has 0 spiro atoms. The molecule has 14 heavy (non-hydrogen) atoms. The molecule has 0 radical (unpaired) electrons. The summed E-state index contributed by atoms with van der Waals surface area (Å²) in [5.74, 6) is 1.43. The summed E-state index contributed by atoms with van der Waals surface area (Å²) in [4.78, 5) is 8.21. The molecule has 4 N–H and O–H groups in total. The second-order valence-electron chi connectivity index (χ2n) is 3.57. The highest BCUT2D eigenvalue weighted by Gasteiger charge is 2.11. The van der Waals surface area contributed by atoms with E-state index in [4.69, 9.17) is 11.5 Å². The number of nitrogen functional groups attached to an aromatic ring is 2. The molecule has 1 rings (SSSR count). The van der Waals surface area contributed by atoms with Gasteiger partial charge in [-0.15, -0.1) is 0 Å². The van der Waals surface area contributed by atoms with Crippen LogP contribution in [0.5, 0.6) is 0 Å². The number of rotatable bonds is 3. The van der Waals surface area contributed by atoms with Crippen molar-refractivity contribution < 1.29 is 0 Å². The second kappa shape index (κ2) is 4.50. The number of anilines is 2. The van der Waals surface area contributed by atoms with Crippen molar-refractivity contribution in [3.63, 3.8) is 0 Å². The predicted molar refractivity (Wildman–Crippen MR) is 61.0 cm³/mol. The maximum Gasteiger partial charge on any atom is 0.191 e. The van der Waals surface area contributed by atoms with Gasteiger partial charge in [-0.2, -0.15) is 0 Å². The second-order valence-corrected chi connectivity index (χ2v) is 4.91. The van der Waals surface area contributed by atoms with Crippen LogP contribution in [0.4, 0.5) is 11.6 Å². The molecule has 1 unspecified atom stereocenters. The molecule has 0 bridgehead atoms.